The Labute approximate surface area is 35.6 Å². The predicted molar refractivity (Wildman–Crippen MR) is 23.1 cm³/mol. The van der Waals surface area contributed by atoms with Gasteiger partial charge in [0.2, 0.25) is 0 Å². The Morgan fingerprint density at radius 3 is 3.00 bits per heavy atom. The van der Waals surface area contributed by atoms with Gasteiger partial charge in [0.1, 0.15) is 0 Å². The second-order valence-electron chi connectivity index (χ2n) is 0.671. The molecule has 1 N–H and O–H groups in total. The lowest BCUT2D eigenvalue weighted by molar-refractivity contribution is 1.46. The van der Waals surface area contributed by atoms with Crippen LogP contribution in [-0.2, 0) is 0 Å². The topological polar surface area (TPSA) is 12.0 Å². The largest absolute Gasteiger partial charge is 0.336 e. The van der Waals surface area contributed by atoms with Crippen LogP contribution >= 0.6 is 11.9 Å². The van der Waals surface area contributed by atoms with E-state index in [9.17, 15) is 0 Å². The van der Waals surface area contributed by atoms with E-state index in [1.54, 1.807) is 0 Å². The summed E-state index contributed by atoms with van der Waals surface area (Å²) in [5.74, 6) is 2.85. The lowest BCUT2D eigenvalue weighted by Gasteiger charge is -1.76. The van der Waals surface area contributed by atoms with Crippen molar-refractivity contribution >= 4 is 11.9 Å². The van der Waals surface area contributed by atoms with Crippen LogP contribution in [0.15, 0.2) is 12.3 Å². The number of hydrogen-bond donors (Lipinski definition) is 1. The van der Waals surface area contributed by atoms with E-state index in [4.69, 9.17) is 0 Å². The Morgan fingerprint density at radius 1 is 1.80 bits per heavy atom. The van der Waals surface area contributed by atoms with E-state index >= 15 is 0 Å². The average molecular weight is 85.1 g/mol. The highest BCUT2D eigenvalue weighted by Gasteiger charge is 1.84. The maximum Gasteiger partial charge on any atom is 0.0988 e. The van der Waals surface area contributed by atoms with Crippen molar-refractivity contribution in [3.63, 3.8) is 0 Å². The normalized spacial score (nSPS) is 19.2. The Balaban J connectivity index is 2.32. The zero-order valence-corrected chi connectivity index (χ0v) is 3.38. The molecule has 0 saturated carbocycles. The van der Waals surface area contributed by atoms with Crippen LogP contribution in [-0.4, -0.2) is 0 Å². The molecule has 0 aromatic rings. The molecular formula is C3H3NS. The molecule has 0 bridgehead atoms. The van der Waals surface area contributed by atoms with Crippen molar-refractivity contribution in [3.8, 4) is 0 Å². The third-order valence-corrected chi connectivity index (χ3v) is 0.845. The predicted octanol–water partition coefficient (Wildman–Crippen LogP) is 0.790. The fourth-order valence-electron chi connectivity index (χ4n) is 0.170. The van der Waals surface area contributed by atoms with Crippen molar-refractivity contribution in [3.05, 3.63) is 18.0 Å². The highest BCUT2D eigenvalue weighted by atomic mass is 32.2. The van der Waals surface area contributed by atoms with Gasteiger partial charge in [0, 0.05) is 6.20 Å². The molecule has 0 aromatic heterocycles. The van der Waals surface area contributed by atoms with Crippen molar-refractivity contribution in [1.29, 1.82) is 0 Å². The Hall–Kier alpha value is -0.110. The lowest BCUT2D eigenvalue weighted by atomic mass is 10.7. The van der Waals surface area contributed by atoms with Crippen LogP contribution in [0.3, 0.4) is 0 Å². The zero-order valence-electron chi connectivity index (χ0n) is 2.56. The summed E-state index contributed by atoms with van der Waals surface area (Å²) in [5, 5.41) is 0. The van der Waals surface area contributed by atoms with Gasteiger partial charge in [-0.1, -0.05) is 0 Å². The van der Waals surface area contributed by atoms with Gasteiger partial charge < -0.3 is 4.72 Å². The fourth-order valence-corrected chi connectivity index (χ4v) is 0.510. The van der Waals surface area contributed by atoms with Gasteiger partial charge in [-0.3, -0.25) is 0 Å². The molecule has 0 atom stereocenters. The van der Waals surface area contributed by atoms with E-state index < -0.39 is 0 Å². The minimum atomic E-state index is 1.46. The maximum atomic E-state index is 2.85. The molecule has 1 rings (SSSR count). The first-order valence-corrected chi connectivity index (χ1v) is 2.14. The van der Waals surface area contributed by atoms with Crippen LogP contribution in [0, 0.1) is 5.75 Å². The lowest BCUT2D eigenvalue weighted by Crippen LogP contribution is -1.77. The molecule has 0 saturated heterocycles. The molecule has 0 aliphatic carbocycles. The van der Waals surface area contributed by atoms with Crippen molar-refractivity contribution in [2.75, 3.05) is 0 Å². The van der Waals surface area contributed by atoms with E-state index in [-0.39, 0.29) is 0 Å². The Bertz CT molecular complexity index is 44.9. The standard InChI is InChI=1S/C3H3NS/c1-2-4-5-3-1/h1-2,4H. The quantitative estimate of drug-likeness (QED) is 0.436. The first-order chi connectivity index (χ1) is 2.50. The summed E-state index contributed by atoms with van der Waals surface area (Å²) in [5.41, 5.74) is 0. The molecule has 5 heavy (non-hydrogen) atoms. The van der Waals surface area contributed by atoms with E-state index in [0.29, 0.717) is 0 Å². The van der Waals surface area contributed by atoms with Gasteiger partial charge in [-0.05, 0) is 18.0 Å². The summed E-state index contributed by atoms with van der Waals surface area (Å²) in [6.07, 6.45) is 3.68. The van der Waals surface area contributed by atoms with Crippen LogP contribution in [0.2, 0.25) is 0 Å². The molecule has 1 aliphatic rings. The average Bonchev–Trinajstić information content (AvgIpc) is 1.76. The third kappa shape index (κ3) is 0.581. The van der Waals surface area contributed by atoms with Crippen molar-refractivity contribution in [1.82, 2.24) is 4.72 Å². The van der Waals surface area contributed by atoms with E-state index in [0.717, 1.165) is 0 Å². The Morgan fingerprint density at radius 2 is 2.80 bits per heavy atom. The minimum absolute atomic E-state index is 1.46. The molecule has 2 radical (unpaired) electrons. The maximum absolute atomic E-state index is 2.85. The van der Waals surface area contributed by atoms with Gasteiger partial charge >= 0.3 is 0 Å². The molecule has 0 spiro atoms. The molecule has 2 heteroatoms. The van der Waals surface area contributed by atoms with E-state index in [1.165, 1.54) is 11.9 Å². The molecule has 1 heterocycles. The van der Waals surface area contributed by atoms with Crippen LogP contribution < -0.4 is 4.72 Å². The summed E-state index contributed by atoms with van der Waals surface area (Å²) in [6, 6.07) is 0. The van der Waals surface area contributed by atoms with E-state index in [2.05, 4.69) is 10.5 Å². The second-order valence-corrected chi connectivity index (χ2v) is 1.35. The molecule has 0 fully saturated rings. The molecular weight excluding hydrogens is 82.1 g/mol. The number of hydrogen-bond acceptors (Lipinski definition) is 2. The number of rotatable bonds is 0. The van der Waals surface area contributed by atoms with Gasteiger partial charge in [-0.15, -0.1) is 0 Å². The summed E-state index contributed by atoms with van der Waals surface area (Å²) >= 11 is 1.46. The molecule has 0 aromatic carbocycles. The second kappa shape index (κ2) is 1.36. The first kappa shape index (κ1) is 3.09. The molecule has 1 nitrogen and oxygen atoms in total. The van der Waals surface area contributed by atoms with Gasteiger partial charge in [0.05, 0.1) is 5.75 Å². The summed E-state index contributed by atoms with van der Waals surface area (Å²) in [7, 11) is 0. The van der Waals surface area contributed by atoms with Crippen LogP contribution in [0.5, 0.6) is 0 Å². The fraction of sp³-hybridized carbons (Fsp3) is 0. The minimum Gasteiger partial charge on any atom is -0.336 e. The summed E-state index contributed by atoms with van der Waals surface area (Å²) < 4.78 is 2.85. The van der Waals surface area contributed by atoms with Gasteiger partial charge in [-0.25, -0.2) is 0 Å². The third-order valence-electron chi connectivity index (χ3n) is 0.337. The van der Waals surface area contributed by atoms with Crippen molar-refractivity contribution in [2.45, 2.75) is 0 Å². The smallest absolute Gasteiger partial charge is 0.0988 e. The Kier molecular flexibility index (Phi) is 0.841. The molecule has 26 valence electrons. The van der Waals surface area contributed by atoms with Gasteiger partial charge in [0.25, 0.3) is 0 Å². The molecule has 0 amide bonds. The highest BCUT2D eigenvalue weighted by molar-refractivity contribution is 7.99. The van der Waals surface area contributed by atoms with Crippen LogP contribution in [0.1, 0.15) is 0 Å². The van der Waals surface area contributed by atoms with Crippen LogP contribution in [0.4, 0.5) is 0 Å². The highest BCUT2D eigenvalue weighted by Crippen LogP contribution is 2.05. The number of nitrogens with one attached hydrogen (secondary N) is 1. The van der Waals surface area contributed by atoms with E-state index in [1.807, 2.05) is 12.3 Å². The van der Waals surface area contributed by atoms with Gasteiger partial charge in [-0.2, -0.15) is 0 Å². The molecule has 1 aliphatic heterocycles. The van der Waals surface area contributed by atoms with Crippen LogP contribution in [0.25, 0.3) is 0 Å². The van der Waals surface area contributed by atoms with Crippen molar-refractivity contribution in [2.24, 2.45) is 0 Å². The summed E-state index contributed by atoms with van der Waals surface area (Å²) in [4.78, 5) is 0. The first-order valence-electron chi connectivity index (χ1n) is 1.32. The van der Waals surface area contributed by atoms with Gasteiger partial charge in [0.15, 0.2) is 0 Å². The monoisotopic (exact) mass is 85.0 g/mol. The molecule has 0 unspecified atom stereocenters. The SMILES string of the molecule is [C]1C=CNS1. The zero-order chi connectivity index (χ0) is 3.54. The summed E-state index contributed by atoms with van der Waals surface area (Å²) in [6.45, 7) is 0. The van der Waals surface area contributed by atoms with Crippen molar-refractivity contribution < 1.29 is 0 Å².